The first-order valence-electron chi connectivity index (χ1n) is 4.20. The van der Waals surface area contributed by atoms with Gasteiger partial charge in [-0.2, -0.15) is 0 Å². The van der Waals surface area contributed by atoms with Crippen molar-refractivity contribution in [3.63, 3.8) is 0 Å². The van der Waals surface area contributed by atoms with Crippen LogP contribution in [0.1, 0.15) is 12.5 Å². The van der Waals surface area contributed by atoms with E-state index in [1.165, 1.54) is 12.1 Å². The largest absolute Gasteiger partial charge is 0.504 e. The number of hydrogen-bond acceptors (Lipinski definition) is 4. The van der Waals surface area contributed by atoms with Gasteiger partial charge in [-0.15, -0.1) is 0 Å². The maximum absolute atomic E-state index is 9.39. The van der Waals surface area contributed by atoms with Crippen molar-refractivity contribution in [1.29, 1.82) is 0 Å². The highest BCUT2D eigenvalue weighted by Crippen LogP contribution is 2.37. The molecule has 1 rings (SSSR count). The summed E-state index contributed by atoms with van der Waals surface area (Å²) in [4.78, 5) is 0. The molecule has 0 heterocycles. The van der Waals surface area contributed by atoms with Gasteiger partial charge in [-0.3, -0.25) is 0 Å². The summed E-state index contributed by atoms with van der Waals surface area (Å²) in [5.74, 6) is -1.21. The van der Waals surface area contributed by atoms with Gasteiger partial charge >= 0.3 is 0 Å². The lowest BCUT2D eigenvalue weighted by atomic mass is 10.1. The van der Waals surface area contributed by atoms with Gasteiger partial charge in [0.1, 0.15) is 0 Å². The molecule has 0 aliphatic rings. The van der Waals surface area contributed by atoms with Gasteiger partial charge < -0.3 is 21.1 Å². The summed E-state index contributed by atoms with van der Waals surface area (Å²) in [6.45, 7) is 1.79. The summed E-state index contributed by atoms with van der Waals surface area (Å²) in [5.41, 5.74) is 5.89. The second-order valence-electron chi connectivity index (χ2n) is 3.09. The fourth-order valence-electron chi connectivity index (χ4n) is 0.975. The lowest BCUT2D eigenvalue weighted by molar-refractivity contribution is 0.367. The van der Waals surface area contributed by atoms with Crippen molar-refractivity contribution in [2.75, 3.05) is 0 Å². The molecule has 1 aromatic rings. The SMILES string of the molecule is CC(N)/C=C/c1ccc(O)c(O)c1O. The van der Waals surface area contributed by atoms with E-state index >= 15 is 0 Å². The molecule has 4 heteroatoms. The topological polar surface area (TPSA) is 86.7 Å². The van der Waals surface area contributed by atoms with Crippen LogP contribution in [0, 0.1) is 0 Å². The van der Waals surface area contributed by atoms with Gasteiger partial charge in [-0.05, 0) is 19.1 Å². The van der Waals surface area contributed by atoms with E-state index in [1.54, 1.807) is 19.1 Å². The normalized spacial score (nSPS) is 13.3. The molecule has 1 atom stereocenters. The fourth-order valence-corrected chi connectivity index (χ4v) is 0.975. The summed E-state index contributed by atoms with van der Waals surface area (Å²) in [5, 5.41) is 27.6. The van der Waals surface area contributed by atoms with Crippen LogP contribution in [0.5, 0.6) is 17.2 Å². The molecule has 1 aromatic carbocycles. The molecular weight excluding hydrogens is 182 g/mol. The molecule has 0 saturated carbocycles. The van der Waals surface area contributed by atoms with Gasteiger partial charge in [0.25, 0.3) is 0 Å². The predicted octanol–water partition coefficient (Wildman–Crippen LogP) is 1.16. The summed E-state index contributed by atoms with van der Waals surface area (Å²) in [6.07, 6.45) is 3.25. The highest BCUT2D eigenvalue weighted by Gasteiger charge is 2.08. The molecule has 14 heavy (non-hydrogen) atoms. The Balaban J connectivity index is 3.06. The Morgan fingerprint density at radius 2 is 1.86 bits per heavy atom. The van der Waals surface area contributed by atoms with E-state index in [9.17, 15) is 10.2 Å². The molecule has 0 aromatic heterocycles. The number of benzene rings is 1. The maximum Gasteiger partial charge on any atom is 0.200 e. The Bertz CT molecular complexity index is 359. The van der Waals surface area contributed by atoms with Crippen molar-refractivity contribution in [3.05, 3.63) is 23.8 Å². The zero-order valence-electron chi connectivity index (χ0n) is 7.81. The van der Waals surface area contributed by atoms with Crippen molar-refractivity contribution >= 4 is 6.08 Å². The standard InChI is InChI=1S/C10H13NO3/c1-6(11)2-3-7-4-5-8(12)10(14)9(7)13/h2-6,12-14H,11H2,1H3/b3-2+. The Kier molecular flexibility index (Phi) is 2.99. The van der Waals surface area contributed by atoms with Gasteiger partial charge in [-0.25, -0.2) is 0 Å². The minimum absolute atomic E-state index is 0.134. The first kappa shape index (κ1) is 10.4. The molecule has 0 amide bonds. The summed E-state index contributed by atoms with van der Waals surface area (Å²) in [6, 6.07) is 2.66. The summed E-state index contributed by atoms with van der Waals surface area (Å²) in [7, 11) is 0. The third-order valence-corrected chi connectivity index (χ3v) is 1.74. The van der Waals surface area contributed by atoms with Crippen LogP contribution in [-0.4, -0.2) is 21.4 Å². The molecule has 5 N–H and O–H groups in total. The minimum atomic E-state index is -0.517. The molecule has 0 saturated heterocycles. The number of aromatic hydroxyl groups is 3. The molecule has 1 unspecified atom stereocenters. The Labute approximate surface area is 81.9 Å². The van der Waals surface area contributed by atoms with E-state index < -0.39 is 5.75 Å². The van der Waals surface area contributed by atoms with Crippen molar-refractivity contribution in [2.24, 2.45) is 5.73 Å². The monoisotopic (exact) mass is 195 g/mol. The van der Waals surface area contributed by atoms with Crippen LogP contribution in [-0.2, 0) is 0 Å². The number of hydrogen-bond donors (Lipinski definition) is 4. The van der Waals surface area contributed by atoms with Gasteiger partial charge in [0.15, 0.2) is 11.5 Å². The Morgan fingerprint density at radius 3 is 2.43 bits per heavy atom. The number of phenolic OH excluding ortho intramolecular Hbond substituents is 3. The first-order valence-corrected chi connectivity index (χ1v) is 4.20. The van der Waals surface area contributed by atoms with E-state index in [0.717, 1.165) is 0 Å². The zero-order chi connectivity index (χ0) is 10.7. The lowest BCUT2D eigenvalue weighted by Gasteiger charge is -2.04. The van der Waals surface area contributed by atoms with Crippen LogP contribution in [0.15, 0.2) is 18.2 Å². The molecule has 76 valence electrons. The fraction of sp³-hybridized carbons (Fsp3) is 0.200. The van der Waals surface area contributed by atoms with Crippen LogP contribution in [0.4, 0.5) is 0 Å². The van der Waals surface area contributed by atoms with Gasteiger partial charge in [0.2, 0.25) is 5.75 Å². The summed E-state index contributed by atoms with van der Waals surface area (Å²) >= 11 is 0. The molecule has 0 fully saturated rings. The molecule has 0 aliphatic carbocycles. The van der Waals surface area contributed by atoms with Crippen molar-refractivity contribution in [2.45, 2.75) is 13.0 Å². The van der Waals surface area contributed by atoms with Crippen LogP contribution >= 0.6 is 0 Å². The smallest absolute Gasteiger partial charge is 0.200 e. The van der Waals surface area contributed by atoms with Crippen LogP contribution < -0.4 is 5.73 Å². The van der Waals surface area contributed by atoms with Crippen LogP contribution in [0.2, 0.25) is 0 Å². The Morgan fingerprint density at radius 1 is 1.21 bits per heavy atom. The maximum atomic E-state index is 9.39. The van der Waals surface area contributed by atoms with Gasteiger partial charge in [0.05, 0.1) is 0 Å². The van der Waals surface area contributed by atoms with E-state index in [1.807, 2.05) is 0 Å². The van der Waals surface area contributed by atoms with E-state index in [4.69, 9.17) is 10.8 Å². The Hall–Kier alpha value is -1.68. The molecule has 4 nitrogen and oxygen atoms in total. The highest BCUT2D eigenvalue weighted by molar-refractivity contribution is 5.65. The number of phenols is 3. The second kappa shape index (κ2) is 4.02. The van der Waals surface area contributed by atoms with Crippen LogP contribution in [0.3, 0.4) is 0 Å². The third-order valence-electron chi connectivity index (χ3n) is 1.74. The third kappa shape index (κ3) is 2.17. The molecular formula is C10H13NO3. The van der Waals surface area contributed by atoms with E-state index in [2.05, 4.69) is 0 Å². The molecule has 0 spiro atoms. The molecule has 0 aliphatic heterocycles. The van der Waals surface area contributed by atoms with Gasteiger partial charge in [-0.1, -0.05) is 12.2 Å². The number of rotatable bonds is 2. The summed E-state index contributed by atoms with van der Waals surface area (Å²) < 4.78 is 0. The van der Waals surface area contributed by atoms with Gasteiger partial charge in [0, 0.05) is 11.6 Å². The highest BCUT2D eigenvalue weighted by atomic mass is 16.3. The minimum Gasteiger partial charge on any atom is -0.504 e. The van der Waals surface area contributed by atoms with Crippen molar-refractivity contribution in [1.82, 2.24) is 0 Å². The zero-order valence-corrected chi connectivity index (χ0v) is 7.81. The lowest BCUT2D eigenvalue weighted by Crippen LogP contribution is -2.09. The van der Waals surface area contributed by atoms with Crippen LogP contribution in [0.25, 0.3) is 6.08 Å². The number of nitrogens with two attached hydrogens (primary N) is 1. The average Bonchev–Trinajstić information content (AvgIpc) is 2.13. The second-order valence-corrected chi connectivity index (χ2v) is 3.09. The van der Waals surface area contributed by atoms with Crippen molar-refractivity contribution < 1.29 is 15.3 Å². The van der Waals surface area contributed by atoms with E-state index in [-0.39, 0.29) is 17.5 Å². The molecule has 0 bridgehead atoms. The first-order chi connectivity index (χ1) is 6.52. The predicted molar refractivity (Wildman–Crippen MR) is 54.1 cm³/mol. The quantitative estimate of drug-likeness (QED) is 0.533. The van der Waals surface area contributed by atoms with Crippen molar-refractivity contribution in [3.8, 4) is 17.2 Å². The average molecular weight is 195 g/mol. The van der Waals surface area contributed by atoms with E-state index in [0.29, 0.717) is 5.56 Å². The molecule has 0 radical (unpaired) electrons.